The van der Waals surface area contributed by atoms with E-state index in [1.54, 1.807) is 0 Å². The Morgan fingerprint density at radius 1 is 1.08 bits per heavy atom. The maximum Gasteiger partial charge on any atom is 0.407 e. The van der Waals surface area contributed by atoms with Crippen molar-refractivity contribution >= 4 is 6.09 Å². The average molecular weight is 323 g/mol. The molecule has 4 heteroatoms. The molecule has 4 nitrogen and oxygen atoms in total. The van der Waals surface area contributed by atoms with Crippen LogP contribution in [-0.4, -0.2) is 24.4 Å². The molecule has 0 bridgehead atoms. The Labute approximate surface area is 142 Å². The van der Waals surface area contributed by atoms with Gasteiger partial charge in [-0.2, -0.15) is 0 Å². The molecular weight excluding hydrogens is 302 g/mol. The van der Waals surface area contributed by atoms with Crippen molar-refractivity contribution in [3.8, 4) is 11.8 Å². The van der Waals surface area contributed by atoms with Crippen LogP contribution in [0, 0.1) is 11.8 Å². The van der Waals surface area contributed by atoms with Gasteiger partial charge in [0.1, 0.15) is 6.61 Å². The van der Waals surface area contributed by atoms with E-state index >= 15 is 0 Å². The van der Waals surface area contributed by atoms with Gasteiger partial charge in [-0.1, -0.05) is 54.3 Å². The van der Waals surface area contributed by atoms with E-state index in [9.17, 15) is 4.79 Å². The largest absolute Gasteiger partial charge is 0.445 e. The molecule has 0 aromatic heterocycles. The molecule has 2 aromatic carbocycles. The fraction of sp³-hybridized carbons (Fsp3) is 0.250. The number of hydrogen-bond acceptors (Lipinski definition) is 3. The average Bonchev–Trinajstić information content (AvgIpc) is 2.61. The highest BCUT2D eigenvalue weighted by molar-refractivity contribution is 5.67. The second-order valence-corrected chi connectivity index (χ2v) is 5.21. The van der Waals surface area contributed by atoms with Crippen molar-refractivity contribution in [1.29, 1.82) is 0 Å². The Morgan fingerprint density at radius 2 is 1.88 bits per heavy atom. The SMILES string of the molecule is O=C(NCCC#Cc1cccc(CCO)c1)OCc1ccccc1. The molecule has 0 fully saturated rings. The number of ether oxygens (including phenoxy) is 1. The van der Waals surface area contributed by atoms with E-state index in [1.165, 1.54) is 0 Å². The lowest BCUT2D eigenvalue weighted by Crippen LogP contribution is -2.24. The summed E-state index contributed by atoms with van der Waals surface area (Å²) in [6.45, 7) is 0.832. The molecule has 0 aliphatic carbocycles. The second-order valence-electron chi connectivity index (χ2n) is 5.21. The van der Waals surface area contributed by atoms with E-state index in [1.807, 2.05) is 54.6 Å². The van der Waals surface area contributed by atoms with E-state index in [0.29, 0.717) is 19.4 Å². The molecule has 0 atom stereocenters. The molecule has 1 amide bonds. The summed E-state index contributed by atoms with van der Waals surface area (Å²) < 4.78 is 5.11. The van der Waals surface area contributed by atoms with Crippen LogP contribution in [-0.2, 0) is 17.8 Å². The second kappa shape index (κ2) is 10.1. The number of aliphatic hydroxyl groups excluding tert-OH is 1. The Bertz CT molecular complexity index is 702. The summed E-state index contributed by atoms with van der Waals surface area (Å²) in [5.74, 6) is 6.07. The van der Waals surface area contributed by atoms with Crippen LogP contribution in [0.2, 0.25) is 0 Å². The number of rotatable bonds is 6. The number of nitrogens with one attached hydrogen (secondary N) is 1. The van der Waals surface area contributed by atoms with Gasteiger partial charge in [0.2, 0.25) is 0 Å². The van der Waals surface area contributed by atoms with Crippen LogP contribution in [0.5, 0.6) is 0 Å². The van der Waals surface area contributed by atoms with Crippen molar-refractivity contribution in [3.63, 3.8) is 0 Å². The Hall–Kier alpha value is -2.77. The quantitative estimate of drug-likeness (QED) is 0.635. The Balaban J connectivity index is 1.67. The molecule has 24 heavy (non-hydrogen) atoms. The molecule has 0 saturated carbocycles. The van der Waals surface area contributed by atoms with Gasteiger partial charge in [0, 0.05) is 25.1 Å². The molecular formula is C20H21NO3. The molecule has 0 aliphatic heterocycles. The number of amides is 1. The summed E-state index contributed by atoms with van der Waals surface area (Å²) in [6, 6.07) is 17.3. The van der Waals surface area contributed by atoms with Gasteiger partial charge in [0.05, 0.1) is 0 Å². The number of carbonyl (C=O) groups is 1. The maximum atomic E-state index is 11.6. The number of carbonyl (C=O) groups excluding carboxylic acids is 1. The lowest BCUT2D eigenvalue weighted by molar-refractivity contribution is 0.140. The van der Waals surface area contributed by atoms with Crippen LogP contribution in [0.25, 0.3) is 0 Å². The Kier molecular flexibility index (Phi) is 7.39. The van der Waals surface area contributed by atoms with Crippen LogP contribution >= 0.6 is 0 Å². The van der Waals surface area contributed by atoms with Gasteiger partial charge >= 0.3 is 6.09 Å². The van der Waals surface area contributed by atoms with Gasteiger partial charge in [-0.25, -0.2) is 4.79 Å². The minimum absolute atomic E-state index is 0.131. The molecule has 0 saturated heterocycles. The van der Waals surface area contributed by atoms with Crippen LogP contribution in [0.1, 0.15) is 23.1 Å². The van der Waals surface area contributed by atoms with Crippen molar-refractivity contribution in [2.45, 2.75) is 19.4 Å². The first-order chi connectivity index (χ1) is 11.8. The predicted octanol–water partition coefficient (Wildman–Crippen LogP) is 2.89. The molecule has 2 N–H and O–H groups in total. The predicted molar refractivity (Wildman–Crippen MR) is 93.4 cm³/mol. The van der Waals surface area contributed by atoms with Crippen LogP contribution in [0.3, 0.4) is 0 Å². The van der Waals surface area contributed by atoms with Crippen molar-refractivity contribution in [2.75, 3.05) is 13.2 Å². The normalized spacial score (nSPS) is 9.71. The smallest absolute Gasteiger partial charge is 0.407 e. The zero-order valence-electron chi connectivity index (χ0n) is 13.5. The van der Waals surface area contributed by atoms with Gasteiger partial charge in [-0.15, -0.1) is 0 Å². The standard InChI is InChI=1S/C20H21NO3/c22-14-12-18-11-6-10-17(15-18)7-4-5-13-21-20(23)24-16-19-8-2-1-3-9-19/h1-3,6,8-11,15,22H,5,12-14,16H2,(H,21,23). The summed E-state index contributed by atoms with van der Waals surface area (Å²) in [5.41, 5.74) is 2.93. The molecule has 0 radical (unpaired) electrons. The van der Waals surface area contributed by atoms with Gasteiger partial charge in [0.15, 0.2) is 0 Å². The minimum Gasteiger partial charge on any atom is -0.445 e. The van der Waals surface area contributed by atoms with Crippen molar-refractivity contribution < 1.29 is 14.6 Å². The summed E-state index contributed by atoms with van der Waals surface area (Å²) in [6.07, 6.45) is 0.736. The highest BCUT2D eigenvalue weighted by Gasteiger charge is 2.00. The van der Waals surface area contributed by atoms with Crippen molar-refractivity contribution in [3.05, 3.63) is 71.3 Å². The number of aliphatic hydroxyl groups is 1. The minimum atomic E-state index is -0.439. The van der Waals surface area contributed by atoms with Crippen LogP contribution in [0.15, 0.2) is 54.6 Å². The highest BCUT2D eigenvalue weighted by Crippen LogP contribution is 2.04. The molecule has 124 valence electrons. The topological polar surface area (TPSA) is 58.6 Å². The number of benzene rings is 2. The van der Waals surface area contributed by atoms with Gasteiger partial charge < -0.3 is 15.2 Å². The third kappa shape index (κ3) is 6.55. The molecule has 0 heterocycles. The zero-order valence-corrected chi connectivity index (χ0v) is 13.5. The fourth-order valence-corrected chi connectivity index (χ4v) is 2.10. The molecule has 0 aliphatic rings. The van der Waals surface area contributed by atoms with E-state index in [4.69, 9.17) is 9.84 Å². The third-order valence-corrected chi connectivity index (χ3v) is 3.29. The molecule has 2 rings (SSSR count). The van der Waals surface area contributed by atoms with E-state index in [0.717, 1.165) is 16.7 Å². The summed E-state index contributed by atoms with van der Waals surface area (Å²) in [4.78, 5) is 11.6. The maximum absolute atomic E-state index is 11.6. The van der Waals surface area contributed by atoms with Gasteiger partial charge in [0.25, 0.3) is 0 Å². The van der Waals surface area contributed by atoms with Crippen molar-refractivity contribution in [1.82, 2.24) is 5.32 Å². The third-order valence-electron chi connectivity index (χ3n) is 3.29. The summed E-state index contributed by atoms with van der Waals surface area (Å²) in [5, 5.41) is 11.6. The van der Waals surface area contributed by atoms with E-state index in [-0.39, 0.29) is 13.2 Å². The number of alkyl carbamates (subject to hydrolysis) is 1. The van der Waals surface area contributed by atoms with E-state index < -0.39 is 6.09 Å². The lowest BCUT2D eigenvalue weighted by atomic mass is 10.1. The molecule has 0 spiro atoms. The Morgan fingerprint density at radius 3 is 2.67 bits per heavy atom. The fourth-order valence-electron chi connectivity index (χ4n) is 2.10. The monoisotopic (exact) mass is 323 g/mol. The summed E-state index contributed by atoms with van der Waals surface area (Å²) >= 11 is 0. The first kappa shape index (κ1) is 17.6. The molecule has 2 aromatic rings. The summed E-state index contributed by atoms with van der Waals surface area (Å²) in [7, 11) is 0. The van der Waals surface area contributed by atoms with Gasteiger partial charge in [-0.3, -0.25) is 0 Å². The van der Waals surface area contributed by atoms with Crippen molar-refractivity contribution in [2.24, 2.45) is 0 Å². The van der Waals surface area contributed by atoms with Crippen LogP contribution < -0.4 is 5.32 Å². The first-order valence-corrected chi connectivity index (χ1v) is 7.91. The van der Waals surface area contributed by atoms with Crippen LogP contribution in [0.4, 0.5) is 4.79 Å². The first-order valence-electron chi connectivity index (χ1n) is 7.91. The van der Waals surface area contributed by atoms with E-state index in [2.05, 4.69) is 17.2 Å². The zero-order chi connectivity index (χ0) is 17.0. The lowest BCUT2D eigenvalue weighted by Gasteiger charge is -2.05. The highest BCUT2D eigenvalue weighted by atomic mass is 16.5. The molecule has 0 unspecified atom stereocenters. The number of hydrogen-bond donors (Lipinski definition) is 2. The van der Waals surface area contributed by atoms with Gasteiger partial charge in [-0.05, 0) is 29.7 Å².